The van der Waals surface area contributed by atoms with Gasteiger partial charge >= 0.3 is 0 Å². The number of carbonyl (C=O) groups excluding carboxylic acids is 4. The highest BCUT2D eigenvalue weighted by molar-refractivity contribution is 5.96. The summed E-state index contributed by atoms with van der Waals surface area (Å²) in [5.74, 6) is -0.872. The normalized spacial score (nSPS) is 20.9. The number of amides is 4. The predicted molar refractivity (Wildman–Crippen MR) is 148 cm³/mol. The fourth-order valence-corrected chi connectivity index (χ4v) is 4.52. The molecule has 3 aromatic rings. The van der Waals surface area contributed by atoms with Gasteiger partial charge in [-0.25, -0.2) is 9.97 Å². The Bertz CT molecular complexity index is 1360. The van der Waals surface area contributed by atoms with Gasteiger partial charge in [0.15, 0.2) is 5.69 Å². The molecule has 0 unspecified atom stereocenters. The Balaban J connectivity index is 1.45. The van der Waals surface area contributed by atoms with E-state index in [1.165, 1.54) is 0 Å². The van der Waals surface area contributed by atoms with Crippen molar-refractivity contribution in [3.05, 3.63) is 47.4 Å². The first-order chi connectivity index (χ1) is 19.6. The quantitative estimate of drug-likeness (QED) is 0.299. The van der Waals surface area contributed by atoms with Crippen molar-refractivity contribution >= 4 is 34.7 Å². The van der Waals surface area contributed by atoms with E-state index in [2.05, 4.69) is 36.2 Å². The molecular weight excluding hydrogens is 530 g/mol. The number of aryl methyl sites for hydroxylation is 1. The number of oxazole rings is 1. The molecule has 5 N–H and O–H groups in total. The molecule has 0 spiro atoms. The molecule has 0 fully saturated rings. The minimum atomic E-state index is -0.861. The molecule has 0 aliphatic carbocycles. The summed E-state index contributed by atoms with van der Waals surface area (Å²) in [6.07, 6.45) is 1.46. The minimum absolute atomic E-state index is 0.0399. The molecule has 0 saturated heterocycles. The zero-order valence-electron chi connectivity index (χ0n) is 23.7. The number of H-pyrrole nitrogens is 1. The summed E-state index contributed by atoms with van der Waals surface area (Å²) in [7, 11) is 0. The van der Waals surface area contributed by atoms with Gasteiger partial charge in [-0.15, -0.1) is 0 Å². The van der Waals surface area contributed by atoms with Gasteiger partial charge < -0.3 is 35.4 Å². The maximum absolute atomic E-state index is 13.4. The maximum Gasteiger partial charge on any atom is 0.274 e. The molecule has 3 atom stereocenters. The average molecular weight is 568 g/mol. The third kappa shape index (κ3) is 7.69. The Morgan fingerprint density at radius 3 is 2.66 bits per heavy atom. The average Bonchev–Trinajstić information content (AvgIpc) is 3.52. The van der Waals surface area contributed by atoms with Gasteiger partial charge in [0.25, 0.3) is 5.91 Å². The Morgan fingerprint density at radius 2 is 1.90 bits per heavy atom. The molecule has 2 bridgehead atoms. The van der Waals surface area contributed by atoms with Crippen molar-refractivity contribution in [3.63, 3.8) is 0 Å². The van der Waals surface area contributed by atoms with Gasteiger partial charge in [-0.3, -0.25) is 19.2 Å². The van der Waals surface area contributed by atoms with Crippen LogP contribution in [0.5, 0.6) is 0 Å². The van der Waals surface area contributed by atoms with E-state index in [0.29, 0.717) is 31.6 Å². The number of ether oxygens (including phenoxy) is 1. The second-order valence-corrected chi connectivity index (χ2v) is 10.5. The molecule has 2 aromatic heterocycles. The second-order valence-electron chi connectivity index (χ2n) is 10.5. The van der Waals surface area contributed by atoms with Crippen molar-refractivity contribution in [1.29, 1.82) is 0 Å². The Hall–Kier alpha value is -4.26. The van der Waals surface area contributed by atoms with Crippen molar-refractivity contribution in [2.24, 2.45) is 5.92 Å². The number of carbonyl (C=O) groups is 4. The van der Waals surface area contributed by atoms with Crippen LogP contribution in [0.4, 0.5) is 0 Å². The van der Waals surface area contributed by atoms with Crippen LogP contribution < -0.4 is 21.3 Å². The summed E-state index contributed by atoms with van der Waals surface area (Å²) in [6, 6.07) is 5.28. The molecule has 4 amide bonds. The molecule has 1 aliphatic heterocycles. The molecule has 1 aliphatic rings. The van der Waals surface area contributed by atoms with E-state index in [-0.39, 0.29) is 42.4 Å². The first-order valence-electron chi connectivity index (χ1n) is 13.8. The van der Waals surface area contributed by atoms with Crippen LogP contribution in [0.2, 0.25) is 0 Å². The molecule has 220 valence electrons. The van der Waals surface area contributed by atoms with E-state index in [1.54, 1.807) is 13.8 Å². The van der Waals surface area contributed by atoms with Crippen LogP contribution >= 0.6 is 0 Å². The van der Waals surface area contributed by atoms with E-state index in [0.717, 1.165) is 11.0 Å². The summed E-state index contributed by atoms with van der Waals surface area (Å²) in [5.41, 5.74) is 1.72. The van der Waals surface area contributed by atoms with Crippen molar-refractivity contribution in [2.45, 2.75) is 71.7 Å². The largest absolute Gasteiger partial charge is 0.443 e. The number of hydrogen-bond donors (Lipinski definition) is 5. The zero-order chi connectivity index (χ0) is 29.5. The minimum Gasteiger partial charge on any atom is -0.443 e. The van der Waals surface area contributed by atoms with Crippen molar-refractivity contribution in [1.82, 2.24) is 36.2 Å². The summed E-state index contributed by atoms with van der Waals surface area (Å²) < 4.78 is 11.3. The number of para-hydroxylation sites is 2. The topological polar surface area (TPSA) is 180 Å². The molecule has 4 rings (SSSR count). The van der Waals surface area contributed by atoms with Gasteiger partial charge in [-0.1, -0.05) is 26.0 Å². The molecule has 0 radical (unpaired) electrons. The summed E-state index contributed by atoms with van der Waals surface area (Å²) in [5, 5.41) is 11.1. The van der Waals surface area contributed by atoms with Gasteiger partial charge in [-0.2, -0.15) is 0 Å². The smallest absolute Gasteiger partial charge is 0.274 e. The summed E-state index contributed by atoms with van der Waals surface area (Å²) >= 11 is 0. The van der Waals surface area contributed by atoms with Gasteiger partial charge in [-0.05, 0) is 51.2 Å². The summed E-state index contributed by atoms with van der Waals surface area (Å²) in [4.78, 5) is 63.3. The lowest BCUT2D eigenvalue weighted by atomic mass is 10.0. The number of nitrogens with one attached hydrogen (secondary N) is 5. The molecule has 0 saturated carbocycles. The molecule has 13 heteroatoms. The number of benzene rings is 1. The van der Waals surface area contributed by atoms with Crippen LogP contribution in [-0.4, -0.2) is 63.8 Å². The van der Waals surface area contributed by atoms with Gasteiger partial charge in [0.2, 0.25) is 23.6 Å². The lowest BCUT2D eigenvalue weighted by molar-refractivity contribution is -0.132. The number of imidazole rings is 1. The lowest BCUT2D eigenvalue weighted by Gasteiger charge is -2.24. The van der Waals surface area contributed by atoms with Crippen LogP contribution in [0.25, 0.3) is 11.0 Å². The molecule has 13 nitrogen and oxygen atoms in total. The van der Waals surface area contributed by atoms with Crippen molar-refractivity contribution in [3.8, 4) is 0 Å². The van der Waals surface area contributed by atoms with Crippen LogP contribution in [-0.2, 0) is 25.7 Å². The predicted octanol–water partition coefficient (Wildman–Crippen LogP) is 1.79. The lowest BCUT2D eigenvalue weighted by Crippen LogP contribution is -2.49. The Labute approximate surface area is 237 Å². The third-order valence-corrected chi connectivity index (χ3v) is 6.78. The highest BCUT2D eigenvalue weighted by Gasteiger charge is 2.31. The number of rotatable bonds is 6. The molecule has 1 aromatic carbocycles. The van der Waals surface area contributed by atoms with E-state index in [4.69, 9.17) is 9.15 Å². The monoisotopic (exact) mass is 567 g/mol. The van der Waals surface area contributed by atoms with Crippen LogP contribution in [0, 0.1) is 12.8 Å². The second kappa shape index (κ2) is 13.4. The number of nitrogens with zero attached hydrogens (tertiary/aromatic N) is 2. The Morgan fingerprint density at radius 1 is 1.12 bits per heavy atom. The van der Waals surface area contributed by atoms with E-state index in [9.17, 15) is 19.2 Å². The third-order valence-electron chi connectivity index (χ3n) is 6.78. The van der Waals surface area contributed by atoms with E-state index in [1.807, 2.05) is 38.1 Å². The van der Waals surface area contributed by atoms with Crippen molar-refractivity contribution < 1.29 is 28.3 Å². The fraction of sp³-hybridized carbons (Fsp3) is 0.500. The molecule has 3 heterocycles. The first kappa shape index (κ1) is 29.7. The van der Waals surface area contributed by atoms with E-state index >= 15 is 0 Å². The number of fused-ring (bicyclic) bond motifs is 3. The van der Waals surface area contributed by atoms with Gasteiger partial charge in [0, 0.05) is 6.54 Å². The standard InChI is InChI=1S/C28H37N7O6/c1-15(2)23-28-35-24(17(4)41-28)27(39)30-16(3)25(37)29-12-8-7-11-20(26(38)34-23)33-22(36)14-40-13-21-31-18-9-5-6-10-19(18)32-21/h5-6,9-10,15-16,20,23H,7-8,11-14H2,1-4H3,(H,29,37)(H,30,39)(H,31,32)(H,33,36)(H,34,38)/t16-,20+,23+/m1/s1. The van der Waals surface area contributed by atoms with E-state index < -0.39 is 35.8 Å². The highest BCUT2D eigenvalue weighted by atomic mass is 16.5. The maximum atomic E-state index is 13.4. The van der Waals surface area contributed by atoms with Gasteiger partial charge in [0.05, 0.1) is 11.0 Å². The molecule has 41 heavy (non-hydrogen) atoms. The molecular formula is C28H37N7O6. The Kier molecular flexibility index (Phi) is 9.71. The van der Waals surface area contributed by atoms with Crippen LogP contribution in [0.3, 0.4) is 0 Å². The zero-order valence-corrected chi connectivity index (χ0v) is 23.7. The number of hydrogen-bond acceptors (Lipinski definition) is 8. The van der Waals surface area contributed by atoms with Crippen molar-refractivity contribution in [2.75, 3.05) is 13.2 Å². The highest BCUT2D eigenvalue weighted by Crippen LogP contribution is 2.24. The van der Waals surface area contributed by atoms with Crippen LogP contribution in [0.15, 0.2) is 28.7 Å². The van der Waals surface area contributed by atoms with Crippen LogP contribution in [0.1, 0.15) is 74.0 Å². The number of aromatic nitrogens is 3. The summed E-state index contributed by atoms with van der Waals surface area (Å²) in [6.45, 7) is 7.14. The van der Waals surface area contributed by atoms with Gasteiger partial charge in [0.1, 0.15) is 42.9 Å². The first-order valence-corrected chi connectivity index (χ1v) is 13.8. The fourth-order valence-electron chi connectivity index (χ4n) is 4.52. The number of aromatic amines is 1. The SMILES string of the molecule is Cc1oc2nc1C(=O)N[C@H](C)C(=O)NCCCC[C@H](NC(=O)COCc1nc3ccccc3[nH]1)C(=O)N[C@H]2C(C)C.